The van der Waals surface area contributed by atoms with Crippen molar-refractivity contribution in [2.75, 3.05) is 0 Å². The molecule has 0 saturated carbocycles. The predicted molar refractivity (Wildman–Crippen MR) is 90.9 cm³/mol. The largest absolute Gasteiger partial charge is 0.457 e. The van der Waals surface area contributed by atoms with Crippen LogP contribution in [-0.4, -0.2) is 5.97 Å². The van der Waals surface area contributed by atoms with E-state index in [-0.39, 0.29) is 17.5 Å². The molecule has 0 amide bonds. The quantitative estimate of drug-likeness (QED) is 0.764. The lowest BCUT2D eigenvalue weighted by molar-refractivity contribution is -0.150. The molecule has 2 heteroatoms. The number of rotatable bonds is 2. The van der Waals surface area contributed by atoms with E-state index in [9.17, 15) is 4.79 Å². The van der Waals surface area contributed by atoms with Crippen LogP contribution in [0.5, 0.6) is 0 Å². The van der Waals surface area contributed by atoms with Gasteiger partial charge in [0.1, 0.15) is 6.10 Å². The van der Waals surface area contributed by atoms with Gasteiger partial charge in [-0.25, -0.2) is 0 Å². The summed E-state index contributed by atoms with van der Waals surface area (Å²) in [5.41, 5.74) is 6.21. The van der Waals surface area contributed by atoms with E-state index in [2.05, 4.69) is 55.5 Å². The van der Waals surface area contributed by atoms with Crippen LogP contribution in [-0.2, 0) is 22.4 Å². The fourth-order valence-electron chi connectivity index (χ4n) is 4.20. The Morgan fingerprint density at radius 3 is 2.57 bits per heavy atom. The fourth-order valence-corrected chi connectivity index (χ4v) is 4.20. The summed E-state index contributed by atoms with van der Waals surface area (Å²) in [4.78, 5) is 11.7. The van der Waals surface area contributed by atoms with E-state index in [0.29, 0.717) is 0 Å². The van der Waals surface area contributed by atoms with Gasteiger partial charge in [-0.2, -0.15) is 0 Å². The van der Waals surface area contributed by atoms with Gasteiger partial charge in [-0.15, -0.1) is 0 Å². The summed E-state index contributed by atoms with van der Waals surface area (Å²) in [6.07, 6.45) is 3.96. The van der Waals surface area contributed by atoms with Crippen molar-refractivity contribution in [1.82, 2.24) is 0 Å². The van der Waals surface area contributed by atoms with Gasteiger partial charge >= 0.3 is 5.97 Å². The number of esters is 1. The van der Waals surface area contributed by atoms with Gasteiger partial charge in [-0.1, -0.05) is 61.5 Å². The molecule has 2 aliphatic carbocycles. The maximum atomic E-state index is 11.7. The first kappa shape index (κ1) is 14.3. The van der Waals surface area contributed by atoms with Gasteiger partial charge in [-0.05, 0) is 40.7 Å². The molecule has 2 nitrogen and oxygen atoms in total. The Morgan fingerprint density at radius 1 is 1.09 bits per heavy atom. The van der Waals surface area contributed by atoms with E-state index in [4.69, 9.17) is 4.74 Å². The van der Waals surface area contributed by atoms with Crippen molar-refractivity contribution >= 4 is 11.5 Å². The summed E-state index contributed by atoms with van der Waals surface area (Å²) < 4.78 is 5.80. The SMILES string of the molecule is CC(=O)OC1c2ccccc2CC1(C)C1=CCc2ccccc21. The third-order valence-electron chi connectivity index (χ3n) is 5.21. The lowest BCUT2D eigenvalue weighted by atomic mass is 9.75. The standard InChI is InChI=1S/C21H20O2/c1-14(22)23-20-18-10-6-4-8-16(18)13-21(20,2)19-12-11-15-7-3-5-9-17(15)19/h3-10,12,20H,11,13H2,1-2H3. The third-order valence-corrected chi connectivity index (χ3v) is 5.21. The van der Waals surface area contributed by atoms with Crippen LogP contribution in [0.1, 0.15) is 42.2 Å². The van der Waals surface area contributed by atoms with Crippen LogP contribution in [0.4, 0.5) is 0 Å². The van der Waals surface area contributed by atoms with E-state index in [1.165, 1.54) is 29.2 Å². The minimum atomic E-state index is -0.218. The van der Waals surface area contributed by atoms with E-state index < -0.39 is 0 Å². The highest BCUT2D eigenvalue weighted by molar-refractivity contribution is 5.79. The maximum Gasteiger partial charge on any atom is 0.303 e. The lowest BCUT2D eigenvalue weighted by Crippen LogP contribution is -2.27. The van der Waals surface area contributed by atoms with E-state index >= 15 is 0 Å². The van der Waals surface area contributed by atoms with Gasteiger partial charge in [0, 0.05) is 12.3 Å². The molecule has 0 bridgehead atoms. The molecule has 0 aromatic heterocycles. The Hall–Kier alpha value is -2.35. The minimum absolute atomic E-state index is 0.206. The number of hydrogen-bond acceptors (Lipinski definition) is 2. The summed E-state index contributed by atoms with van der Waals surface area (Å²) >= 11 is 0. The zero-order valence-corrected chi connectivity index (χ0v) is 13.5. The minimum Gasteiger partial charge on any atom is -0.457 e. The Labute approximate surface area is 136 Å². The highest BCUT2D eigenvalue weighted by atomic mass is 16.5. The summed E-state index contributed by atoms with van der Waals surface area (Å²) in [5, 5.41) is 0. The normalized spacial score (nSPS) is 24.8. The van der Waals surface area contributed by atoms with Gasteiger partial charge in [0.25, 0.3) is 0 Å². The summed E-state index contributed by atoms with van der Waals surface area (Å²) in [6.45, 7) is 3.73. The highest BCUT2D eigenvalue weighted by Gasteiger charge is 2.48. The summed E-state index contributed by atoms with van der Waals surface area (Å²) in [6, 6.07) is 16.9. The molecule has 4 rings (SSSR count). The highest BCUT2D eigenvalue weighted by Crippen LogP contribution is 2.56. The molecule has 0 spiro atoms. The first-order valence-electron chi connectivity index (χ1n) is 8.13. The maximum absolute atomic E-state index is 11.7. The monoisotopic (exact) mass is 304 g/mol. The molecule has 0 heterocycles. The number of fused-ring (bicyclic) bond motifs is 2. The molecule has 2 aliphatic rings. The van der Waals surface area contributed by atoms with Gasteiger partial charge < -0.3 is 4.74 Å². The van der Waals surface area contributed by atoms with Crippen LogP contribution in [0.25, 0.3) is 5.57 Å². The molecule has 0 radical (unpaired) electrons. The Balaban J connectivity index is 1.83. The molecule has 0 saturated heterocycles. The van der Waals surface area contributed by atoms with Crippen molar-refractivity contribution in [1.29, 1.82) is 0 Å². The first-order valence-corrected chi connectivity index (χ1v) is 8.13. The third kappa shape index (κ3) is 2.13. The summed E-state index contributed by atoms with van der Waals surface area (Å²) in [5.74, 6) is -0.218. The van der Waals surface area contributed by atoms with Crippen LogP contribution in [0.2, 0.25) is 0 Å². The van der Waals surface area contributed by atoms with Crippen LogP contribution in [0.15, 0.2) is 54.6 Å². The molecule has 23 heavy (non-hydrogen) atoms. The Morgan fingerprint density at radius 2 is 1.78 bits per heavy atom. The van der Waals surface area contributed by atoms with Crippen molar-refractivity contribution < 1.29 is 9.53 Å². The number of carbonyl (C=O) groups is 1. The zero-order chi connectivity index (χ0) is 16.0. The molecular formula is C21H20O2. The molecule has 2 aromatic carbocycles. The lowest BCUT2D eigenvalue weighted by Gasteiger charge is -2.33. The van der Waals surface area contributed by atoms with Gasteiger partial charge in [0.05, 0.1) is 0 Å². The van der Waals surface area contributed by atoms with Gasteiger partial charge in [0.15, 0.2) is 0 Å². The number of carbonyl (C=O) groups excluding carboxylic acids is 1. The van der Waals surface area contributed by atoms with Crippen molar-refractivity contribution in [2.24, 2.45) is 5.41 Å². The van der Waals surface area contributed by atoms with Crippen LogP contribution in [0, 0.1) is 5.41 Å². The van der Waals surface area contributed by atoms with E-state index in [1.54, 1.807) is 0 Å². The molecule has 0 fully saturated rings. The van der Waals surface area contributed by atoms with Gasteiger partial charge in [-0.3, -0.25) is 4.79 Å². The topological polar surface area (TPSA) is 26.3 Å². The van der Waals surface area contributed by atoms with Crippen molar-refractivity contribution in [3.05, 3.63) is 76.9 Å². The van der Waals surface area contributed by atoms with Crippen molar-refractivity contribution in [3.8, 4) is 0 Å². The van der Waals surface area contributed by atoms with E-state index in [1.807, 2.05) is 6.07 Å². The molecule has 2 unspecified atom stereocenters. The molecule has 0 N–H and O–H groups in total. The first-order chi connectivity index (χ1) is 11.1. The number of ether oxygens (including phenoxy) is 1. The second kappa shape index (κ2) is 5.09. The number of benzene rings is 2. The fraction of sp³-hybridized carbons (Fsp3) is 0.286. The average Bonchev–Trinajstić information content (AvgIpc) is 3.08. The molecule has 0 aliphatic heterocycles. The Kier molecular flexibility index (Phi) is 3.15. The van der Waals surface area contributed by atoms with Crippen LogP contribution in [0.3, 0.4) is 0 Å². The van der Waals surface area contributed by atoms with Crippen molar-refractivity contribution in [2.45, 2.75) is 32.8 Å². The second-order valence-electron chi connectivity index (χ2n) is 6.76. The summed E-state index contributed by atoms with van der Waals surface area (Å²) in [7, 11) is 0. The average molecular weight is 304 g/mol. The molecule has 2 aromatic rings. The molecule has 2 atom stereocenters. The second-order valence-corrected chi connectivity index (χ2v) is 6.76. The van der Waals surface area contributed by atoms with Crippen molar-refractivity contribution in [3.63, 3.8) is 0 Å². The smallest absolute Gasteiger partial charge is 0.303 e. The number of allylic oxidation sites excluding steroid dienone is 1. The predicted octanol–water partition coefficient (Wildman–Crippen LogP) is 4.49. The number of hydrogen-bond donors (Lipinski definition) is 0. The molecule has 116 valence electrons. The zero-order valence-electron chi connectivity index (χ0n) is 13.5. The van der Waals surface area contributed by atoms with E-state index in [0.717, 1.165) is 18.4 Å². The van der Waals surface area contributed by atoms with Crippen LogP contribution >= 0.6 is 0 Å². The Bertz CT molecular complexity index is 818. The molecular weight excluding hydrogens is 284 g/mol. The van der Waals surface area contributed by atoms with Crippen LogP contribution < -0.4 is 0 Å². The van der Waals surface area contributed by atoms with Gasteiger partial charge in [0.2, 0.25) is 0 Å².